The molecule has 0 saturated carbocycles. The number of hydrogen-bond acceptors (Lipinski definition) is 5. The molecule has 2 aliphatic heterocycles. The monoisotopic (exact) mass is 377 g/mol. The smallest absolute Gasteiger partial charge is 0.243 e. The summed E-state index contributed by atoms with van der Waals surface area (Å²) in [5.74, 6) is 2.57. The number of ether oxygens (including phenoxy) is 2. The highest BCUT2D eigenvalue weighted by Gasteiger charge is 2.30. The van der Waals surface area contributed by atoms with Crippen molar-refractivity contribution in [2.45, 2.75) is 31.2 Å². The van der Waals surface area contributed by atoms with Crippen molar-refractivity contribution < 1.29 is 17.9 Å². The molecule has 3 heterocycles. The van der Waals surface area contributed by atoms with Crippen molar-refractivity contribution in [1.29, 1.82) is 0 Å². The summed E-state index contributed by atoms with van der Waals surface area (Å²) in [4.78, 5) is 4.51. The minimum Gasteiger partial charge on any atom is -0.486 e. The molecule has 8 heteroatoms. The Labute approximate surface area is 153 Å². The molecule has 1 saturated heterocycles. The molecule has 0 unspecified atom stereocenters. The van der Waals surface area contributed by atoms with Crippen LogP contribution >= 0.6 is 0 Å². The number of nitrogens with zero attached hydrogens (tertiary/aromatic N) is 3. The Morgan fingerprint density at radius 2 is 1.88 bits per heavy atom. The predicted octanol–water partition coefficient (Wildman–Crippen LogP) is 2.06. The van der Waals surface area contributed by atoms with E-state index in [4.69, 9.17) is 9.47 Å². The standard InChI is InChI=1S/C18H23N3O4S/c1-14-19-6-9-20(14)13-15-4-7-21(8-5-15)26(22,23)16-2-3-17-18(12-16)25-11-10-24-17/h2-3,6,9,12,15H,4-5,7-8,10-11,13H2,1H3. The predicted molar refractivity (Wildman–Crippen MR) is 95.9 cm³/mol. The Bertz CT molecular complexity index is 886. The van der Waals surface area contributed by atoms with Crippen molar-refractivity contribution in [3.8, 4) is 11.5 Å². The van der Waals surface area contributed by atoms with Crippen LogP contribution in [0.25, 0.3) is 0 Å². The summed E-state index contributed by atoms with van der Waals surface area (Å²) in [6.45, 7) is 4.88. The molecule has 26 heavy (non-hydrogen) atoms. The molecule has 0 N–H and O–H groups in total. The van der Waals surface area contributed by atoms with E-state index in [-0.39, 0.29) is 4.90 Å². The van der Waals surface area contributed by atoms with Gasteiger partial charge in [-0.3, -0.25) is 0 Å². The number of sulfonamides is 1. The molecular formula is C18H23N3O4S. The molecule has 0 radical (unpaired) electrons. The molecule has 7 nitrogen and oxygen atoms in total. The van der Waals surface area contributed by atoms with E-state index in [9.17, 15) is 8.42 Å². The summed E-state index contributed by atoms with van der Waals surface area (Å²) in [6, 6.07) is 4.85. The van der Waals surface area contributed by atoms with Crippen molar-refractivity contribution in [2.75, 3.05) is 26.3 Å². The third-order valence-electron chi connectivity index (χ3n) is 5.10. The van der Waals surface area contributed by atoms with Crippen LogP contribution in [-0.4, -0.2) is 48.6 Å². The first-order valence-corrected chi connectivity index (χ1v) is 10.4. The van der Waals surface area contributed by atoms with E-state index in [1.807, 2.05) is 13.1 Å². The van der Waals surface area contributed by atoms with Crippen LogP contribution in [0.4, 0.5) is 0 Å². The second kappa shape index (κ2) is 6.92. The van der Waals surface area contributed by atoms with E-state index in [1.165, 1.54) is 0 Å². The summed E-state index contributed by atoms with van der Waals surface area (Å²) >= 11 is 0. The number of rotatable bonds is 4. The van der Waals surface area contributed by atoms with Gasteiger partial charge in [-0.2, -0.15) is 4.31 Å². The molecule has 0 atom stereocenters. The number of fused-ring (bicyclic) bond motifs is 1. The quantitative estimate of drug-likeness (QED) is 0.815. The molecule has 2 aromatic rings. The molecule has 4 rings (SSSR count). The zero-order chi connectivity index (χ0) is 18.1. The lowest BCUT2D eigenvalue weighted by Gasteiger charge is -2.31. The Balaban J connectivity index is 1.44. The molecule has 2 aliphatic rings. The third-order valence-corrected chi connectivity index (χ3v) is 7.00. The van der Waals surface area contributed by atoms with Gasteiger partial charge in [0.05, 0.1) is 4.90 Å². The lowest BCUT2D eigenvalue weighted by atomic mass is 9.98. The topological polar surface area (TPSA) is 73.7 Å². The van der Waals surface area contributed by atoms with Gasteiger partial charge in [-0.1, -0.05) is 0 Å². The molecule has 0 aliphatic carbocycles. The molecule has 1 aromatic carbocycles. The van der Waals surface area contributed by atoms with Gasteiger partial charge in [0.2, 0.25) is 10.0 Å². The zero-order valence-corrected chi connectivity index (χ0v) is 15.6. The van der Waals surface area contributed by atoms with Crippen LogP contribution in [0.3, 0.4) is 0 Å². The van der Waals surface area contributed by atoms with Crippen molar-refractivity contribution in [3.05, 3.63) is 36.4 Å². The van der Waals surface area contributed by atoms with E-state index in [2.05, 4.69) is 9.55 Å². The first-order valence-electron chi connectivity index (χ1n) is 8.91. The van der Waals surface area contributed by atoms with Gasteiger partial charge in [0.25, 0.3) is 0 Å². The van der Waals surface area contributed by atoms with Crippen LogP contribution in [0.1, 0.15) is 18.7 Å². The average Bonchev–Trinajstić information content (AvgIpc) is 3.06. The number of piperidine rings is 1. The van der Waals surface area contributed by atoms with Crippen LogP contribution < -0.4 is 9.47 Å². The Morgan fingerprint density at radius 3 is 2.58 bits per heavy atom. The molecule has 0 spiro atoms. The highest BCUT2D eigenvalue weighted by molar-refractivity contribution is 7.89. The minimum atomic E-state index is -3.51. The summed E-state index contributed by atoms with van der Waals surface area (Å²) in [6.07, 6.45) is 5.48. The van der Waals surface area contributed by atoms with Gasteiger partial charge < -0.3 is 14.0 Å². The number of aryl methyl sites for hydroxylation is 1. The maximum absolute atomic E-state index is 13.0. The van der Waals surface area contributed by atoms with Crippen LogP contribution in [0, 0.1) is 12.8 Å². The fourth-order valence-electron chi connectivity index (χ4n) is 3.54. The second-order valence-electron chi connectivity index (χ2n) is 6.78. The normalized spacial score (nSPS) is 18.8. The first kappa shape index (κ1) is 17.4. The van der Waals surface area contributed by atoms with Crippen molar-refractivity contribution in [2.24, 2.45) is 5.92 Å². The maximum atomic E-state index is 13.0. The minimum absolute atomic E-state index is 0.269. The molecule has 0 amide bonds. The van der Waals surface area contributed by atoms with Gasteiger partial charge in [0, 0.05) is 38.1 Å². The van der Waals surface area contributed by atoms with E-state index in [1.54, 1.807) is 28.7 Å². The lowest BCUT2D eigenvalue weighted by Crippen LogP contribution is -2.39. The van der Waals surface area contributed by atoms with Crippen LogP contribution in [0.5, 0.6) is 11.5 Å². The van der Waals surface area contributed by atoms with Gasteiger partial charge in [0.1, 0.15) is 19.0 Å². The average molecular weight is 377 g/mol. The summed E-state index contributed by atoms with van der Waals surface area (Å²) in [5, 5.41) is 0. The maximum Gasteiger partial charge on any atom is 0.243 e. The van der Waals surface area contributed by atoms with Gasteiger partial charge in [-0.15, -0.1) is 0 Å². The molecular weight excluding hydrogens is 354 g/mol. The van der Waals surface area contributed by atoms with Crippen molar-refractivity contribution >= 4 is 10.0 Å². The highest BCUT2D eigenvalue weighted by atomic mass is 32.2. The highest BCUT2D eigenvalue weighted by Crippen LogP contribution is 2.34. The summed E-state index contributed by atoms with van der Waals surface area (Å²) in [7, 11) is -3.51. The largest absolute Gasteiger partial charge is 0.486 e. The molecule has 0 bridgehead atoms. The van der Waals surface area contributed by atoms with Gasteiger partial charge in [0.15, 0.2) is 11.5 Å². The van der Waals surface area contributed by atoms with E-state index in [0.717, 1.165) is 25.2 Å². The van der Waals surface area contributed by atoms with Gasteiger partial charge in [-0.25, -0.2) is 13.4 Å². The number of aromatic nitrogens is 2. The SMILES string of the molecule is Cc1nccn1CC1CCN(S(=O)(=O)c2ccc3c(c2)OCCO3)CC1. The molecule has 1 aromatic heterocycles. The Kier molecular flexibility index (Phi) is 4.62. The first-order chi connectivity index (χ1) is 12.5. The van der Waals surface area contributed by atoms with E-state index in [0.29, 0.717) is 43.7 Å². The molecule has 140 valence electrons. The zero-order valence-electron chi connectivity index (χ0n) is 14.8. The fraction of sp³-hybridized carbons (Fsp3) is 0.500. The number of imidazole rings is 1. The van der Waals surface area contributed by atoms with Crippen molar-refractivity contribution in [3.63, 3.8) is 0 Å². The molecule has 1 fully saturated rings. The van der Waals surface area contributed by atoms with Gasteiger partial charge >= 0.3 is 0 Å². The van der Waals surface area contributed by atoms with E-state index >= 15 is 0 Å². The van der Waals surface area contributed by atoms with Crippen LogP contribution in [0.15, 0.2) is 35.5 Å². The van der Waals surface area contributed by atoms with Gasteiger partial charge in [-0.05, 0) is 37.8 Å². The Hall–Kier alpha value is -2.06. The summed E-state index contributed by atoms with van der Waals surface area (Å²) in [5.41, 5.74) is 0. The van der Waals surface area contributed by atoms with E-state index < -0.39 is 10.0 Å². The summed E-state index contributed by atoms with van der Waals surface area (Å²) < 4.78 is 40.6. The number of benzene rings is 1. The van der Waals surface area contributed by atoms with Crippen molar-refractivity contribution in [1.82, 2.24) is 13.9 Å². The Morgan fingerprint density at radius 1 is 1.15 bits per heavy atom. The number of hydrogen-bond donors (Lipinski definition) is 0. The second-order valence-corrected chi connectivity index (χ2v) is 8.72. The van der Waals surface area contributed by atoms with Crippen LogP contribution in [0.2, 0.25) is 0 Å². The fourth-order valence-corrected chi connectivity index (χ4v) is 5.03. The third kappa shape index (κ3) is 3.31. The lowest BCUT2D eigenvalue weighted by molar-refractivity contribution is 0.171. The van der Waals surface area contributed by atoms with Crippen LogP contribution in [-0.2, 0) is 16.6 Å².